The Balaban J connectivity index is 4.29. The van der Waals surface area contributed by atoms with Crippen molar-refractivity contribution in [3.8, 4) is 0 Å². The quantitative estimate of drug-likeness (QED) is 0.0234. The number of esters is 1. The molecule has 58 heavy (non-hydrogen) atoms. The molecule has 3 unspecified atom stereocenters. The molecule has 0 aliphatic heterocycles. The summed E-state index contributed by atoms with van der Waals surface area (Å²) in [4.78, 5) is 33.6. The molecule has 0 spiro atoms. The summed E-state index contributed by atoms with van der Waals surface area (Å²) in [6, 6.07) is -1.48. The molecule has 0 amide bonds. The van der Waals surface area contributed by atoms with Gasteiger partial charge in [0.05, 0.1) is 19.8 Å². The number of nitrogens with two attached hydrogens (primary N) is 1. The van der Waals surface area contributed by atoms with Crippen LogP contribution in [0.1, 0.15) is 174 Å². The number of allylic oxidation sites excluding steroid dienone is 12. The van der Waals surface area contributed by atoms with Gasteiger partial charge in [-0.3, -0.25) is 18.6 Å². The number of rotatable bonds is 42. The average molecular weight is 836 g/mol. The van der Waals surface area contributed by atoms with E-state index in [0.29, 0.717) is 13.0 Å². The molecule has 0 aliphatic carbocycles. The van der Waals surface area contributed by atoms with Gasteiger partial charge < -0.3 is 25.2 Å². The standard InChI is InChI=1S/C47H82NO9P/c1-3-5-7-9-11-13-15-17-19-21-22-23-25-27-29-31-33-35-37-39-46(49)57-44(42-55-58(52,53)56-43-45(48)47(50)51)41-54-40-38-36-34-32-30-28-26-24-20-18-16-14-12-10-8-6-4-2/h5,7,11,13-14,16-17,19-20,22-24,44-45H,3-4,6,8-10,12,15,18,21,25-43,48H2,1-2H3,(H,50,51)(H,52,53)/b7-5-,13-11-,16-14-,19-17-,23-22-,24-20-. The fourth-order valence-corrected chi connectivity index (χ4v) is 6.52. The number of hydrogen-bond acceptors (Lipinski definition) is 8. The number of unbranched alkanes of at least 4 members (excludes halogenated alkanes) is 16. The lowest BCUT2D eigenvalue weighted by Crippen LogP contribution is -2.34. The molecular weight excluding hydrogens is 753 g/mol. The van der Waals surface area contributed by atoms with Crippen molar-refractivity contribution in [3.63, 3.8) is 0 Å². The van der Waals surface area contributed by atoms with Gasteiger partial charge in [-0.25, -0.2) is 4.57 Å². The van der Waals surface area contributed by atoms with Crippen LogP contribution in [0.2, 0.25) is 0 Å². The van der Waals surface area contributed by atoms with Crippen LogP contribution in [0.15, 0.2) is 72.9 Å². The average Bonchev–Trinajstić information content (AvgIpc) is 3.20. The van der Waals surface area contributed by atoms with Crippen LogP contribution in [-0.4, -0.2) is 60.5 Å². The lowest BCUT2D eigenvalue weighted by atomic mass is 10.1. The van der Waals surface area contributed by atoms with Crippen LogP contribution in [0.4, 0.5) is 0 Å². The van der Waals surface area contributed by atoms with E-state index in [9.17, 15) is 19.0 Å². The fraction of sp³-hybridized carbons (Fsp3) is 0.702. The Hall–Kier alpha value is -2.59. The largest absolute Gasteiger partial charge is 0.480 e. The predicted molar refractivity (Wildman–Crippen MR) is 240 cm³/mol. The minimum absolute atomic E-state index is 0.0000370. The zero-order chi connectivity index (χ0) is 42.6. The number of ether oxygens (including phenoxy) is 2. The highest BCUT2D eigenvalue weighted by molar-refractivity contribution is 7.47. The first kappa shape index (κ1) is 55.4. The van der Waals surface area contributed by atoms with Gasteiger partial charge in [0, 0.05) is 13.0 Å². The molecule has 11 heteroatoms. The van der Waals surface area contributed by atoms with E-state index < -0.39 is 45.1 Å². The highest BCUT2D eigenvalue weighted by Gasteiger charge is 2.27. The van der Waals surface area contributed by atoms with E-state index >= 15 is 0 Å². The molecule has 3 atom stereocenters. The number of phosphoric acid groups is 1. The molecule has 0 saturated carbocycles. The Bertz CT molecular complexity index is 1200. The molecule has 0 aliphatic rings. The molecule has 0 heterocycles. The summed E-state index contributed by atoms with van der Waals surface area (Å²) in [5, 5.41) is 8.90. The van der Waals surface area contributed by atoms with Crippen molar-refractivity contribution in [1.82, 2.24) is 0 Å². The van der Waals surface area contributed by atoms with Crippen molar-refractivity contribution in [2.75, 3.05) is 26.4 Å². The predicted octanol–water partition coefficient (Wildman–Crippen LogP) is 12.6. The second kappa shape index (κ2) is 42.5. The third kappa shape index (κ3) is 41.6. The summed E-state index contributed by atoms with van der Waals surface area (Å²) < 4.78 is 33.4. The van der Waals surface area contributed by atoms with Crippen LogP contribution in [0, 0.1) is 0 Å². The summed E-state index contributed by atoms with van der Waals surface area (Å²) >= 11 is 0. The Morgan fingerprint density at radius 3 is 1.50 bits per heavy atom. The van der Waals surface area contributed by atoms with Gasteiger partial charge >= 0.3 is 19.8 Å². The number of aliphatic carboxylic acids is 1. The third-order valence-electron chi connectivity index (χ3n) is 9.22. The smallest absolute Gasteiger partial charge is 0.472 e. The summed E-state index contributed by atoms with van der Waals surface area (Å²) in [7, 11) is -4.63. The molecular formula is C47H82NO9P. The normalized spacial score (nSPS) is 14.6. The van der Waals surface area contributed by atoms with Crippen LogP contribution in [0.3, 0.4) is 0 Å². The molecule has 0 rings (SSSR count). The van der Waals surface area contributed by atoms with Gasteiger partial charge in [0.15, 0.2) is 0 Å². The maximum absolute atomic E-state index is 12.6. The molecule has 0 saturated heterocycles. The molecule has 0 bridgehead atoms. The molecule has 334 valence electrons. The molecule has 4 N–H and O–H groups in total. The van der Waals surface area contributed by atoms with E-state index in [-0.39, 0.29) is 13.0 Å². The molecule has 0 aromatic rings. The van der Waals surface area contributed by atoms with Crippen LogP contribution in [0.25, 0.3) is 0 Å². The lowest BCUT2D eigenvalue weighted by Gasteiger charge is -2.20. The maximum Gasteiger partial charge on any atom is 0.472 e. The van der Waals surface area contributed by atoms with Crippen molar-refractivity contribution in [1.29, 1.82) is 0 Å². The first-order chi connectivity index (χ1) is 28.2. The number of phosphoric ester groups is 1. The van der Waals surface area contributed by atoms with Crippen molar-refractivity contribution in [3.05, 3.63) is 72.9 Å². The Morgan fingerprint density at radius 2 is 1.00 bits per heavy atom. The molecule has 0 aromatic heterocycles. The number of carbonyl (C=O) groups is 2. The zero-order valence-corrected chi connectivity index (χ0v) is 37.3. The SMILES string of the molecule is CC/C=C\C/C=C\C/C=C\C/C=C\CCCCCCCCC(=O)OC(COCCCCCCCC/C=C\C/C=C\CCCCCC)COP(=O)(O)OCC(N)C(=O)O. The van der Waals surface area contributed by atoms with E-state index in [1.54, 1.807) is 0 Å². The Morgan fingerprint density at radius 1 is 0.569 bits per heavy atom. The molecule has 0 radical (unpaired) electrons. The highest BCUT2D eigenvalue weighted by atomic mass is 31.2. The fourth-order valence-electron chi connectivity index (χ4n) is 5.74. The zero-order valence-electron chi connectivity index (χ0n) is 36.4. The molecule has 0 aromatic carbocycles. The van der Waals surface area contributed by atoms with E-state index in [0.717, 1.165) is 96.3 Å². The number of carbonyl (C=O) groups excluding carboxylic acids is 1. The minimum Gasteiger partial charge on any atom is -0.480 e. The van der Waals surface area contributed by atoms with Gasteiger partial charge in [-0.05, 0) is 83.5 Å². The minimum atomic E-state index is -4.63. The van der Waals surface area contributed by atoms with Gasteiger partial charge in [0.25, 0.3) is 0 Å². The van der Waals surface area contributed by atoms with Gasteiger partial charge in [-0.15, -0.1) is 0 Å². The van der Waals surface area contributed by atoms with E-state index in [1.165, 1.54) is 51.4 Å². The summed E-state index contributed by atoms with van der Waals surface area (Å²) in [5.74, 6) is -1.80. The number of hydrogen-bond donors (Lipinski definition) is 3. The van der Waals surface area contributed by atoms with Crippen molar-refractivity contribution < 1.29 is 42.7 Å². The number of carboxylic acids is 1. The second-order valence-corrected chi connectivity index (χ2v) is 16.2. The molecule has 10 nitrogen and oxygen atoms in total. The van der Waals surface area contributed by atoms with Crippen LogP contribution >= 0.6 is 7.82 Å². The maximum atomic E-state index is 12.6. The second-order valence-electron chi connectivity index (χ2n) is 14.8. The van der Waals surface area contributed by atoms with E-state index in [1.807, 2.05) is 0 Å². The highest BCUT2D eigenvalue weighted by Crippen LogP contribution is 2.43. The first-order valence-corrected chi connectivity index (χ1v) is 24.0. The first-order valence-electron chi connectivity index (χ1n) is 22.5. The van der Waals surface area contributed by atoms with Crippen molar-refractivity contribution in [2.45, 2.75) is 187 Å². The van der Waals surface area contributed by atoms with Crippen molar-refractivity contribution >= 4 is 19.8 Å². The van der Waals surface area contributed by atoms with Crippen LogP contribution in [-0.2, 0) is 32.7 Å². The van der Waals surface area contributed by atoms with Gasteiger partial charge in [-0.1, -0.05) is 157 Å². The van der Waals surface area contributed by atoms with Crippen LogP contribution in [0.5, 0.6) is 0 Å². The van der Waals surface area contributed by atoms with Gasteiger partial charge in [0.2, 0.25) is 0 Å². The Labute approximate surface area is 353 Å². The van der Waals surface area contributed by atoms with Gasteiger partial charge in [0.1, 0.15) is 12.1 Å². The number of carboxylic acid groups (broad SMARTS) is 1. The molecule has 0 fully saturated rings. The summed E-state index contributed by atoms with van der Waals surface area (Å²) in [5.41, 5.74) is 5.36. The third-order valence-corrected chi connectivity index (χ3v) is 10.2. The lowest BCUT2D eigenvalue weighted by molar-refractivity contribution is -0.154. The topological polar surface area (TPSA) is 155 Å². The van der Waals surface area contributed by atoms with E-state index in [4.69, 9.17) is 29.4 Å². The summed E-state index contributed by atoms with van der Waals surface area (Å²) in [6.45, 7) is 3.70. The van der Waals surface area contributed by atoms with Crippen molar-refractivity contribution in [2.24, 2.45) is 5.73 Å². The Kier molecular flexibility index (Phi) is 40.6. The summed E-state index contributed by atoms with van der Waals surface area (Å²) in [6.07, 6.45) is 52.3. The van der Waals surface area contributed by atoms with E-state index in [2.05, 4.69) is 86.8 Å². The van der Waals surface area contributed by atoms with Crippen LogP contribution < -0.4 is 5.73 Å². The van der Waals surface area contributed by atoms with Gasteiger partial charge in [-0.2, -0.15) is 0 Å². The monoisotopic (exact) mass is 836 g/mol.